The lowest BCUT2D eigenvalue weighted by atomic mass is 10.0. The zero-order chi connectivity index (χ0) is 19.1. The number of hydrogen-bond acceptors (Lipinski definition) is 7. The second-order valence-electron chi connectivity index (χ2n) is 6.91. The van der Waals surface area contributed by atoms with Crippen molar-refractivity contribution in [2.45, 2.75) is 6.54 Å². The smallest absolute Gasteiger partial charge is 0.162 e. The van der Waals surface area contributed by atoms with Crippen molar-refractivity contribution in [3.63, 3.8) is 0 Å². The number of aliphatic imine (C=N–C) groups is 2. The summed E-state index contributed by atoms with van der Waals surface area (Å²) in [5, 5.41) is 0. The van der Waals surface area contributed by atoms with E-state index in [1.165, 1.54) is 11.3 Å². The van der Waals surface area contributed by atoms with E-state index >= 15 is 0 Å². The molecule has 0 aliphatic carbocycles. The maximum atomic E-state index is 5.51. The van der Waals surface area contributed by atoms with Gasteiger partial charge in [0.2, 0.25) is 0 Å². The molecular formula is C21H22N4O3. The van der Waals surface area contributed by atoms with Gasteiger partial charge in [-0.15, -0.1) is 0 Å². The molecule has 0 amide bonds. The van der Waals surface area contributed by atoms with E-state index in [1.807, 2.05) is 18.5 Å². The number of anilines is 1. The zero-order valence-corrected chi connectivity index (χ0v) is 16.0. The van der Waals surface area contributed by atoms with Crippen molar-refractivity contribution >= 4 is 29.2 Å². The SMILES string of the molecule is COc1cc2c(cc1OC)C1=Nc3cccc(N4CCOCC4)c3CN1C=N2. The number of amidine groups is 1. The summed E-state index contributed by atoms with van der Waals surface area (Å²) < 4.78 is 16.4. The van der Waals surface area contributed by atoms with Gasteiger partial charge >= 0.3 is 0 Å². The van der Waals surface area contributed by atoms with Gasteiger partial charge in [0.25, 0.3) is 0 Å². The van der Waals surface area contributed by atoms with E-state index in [0.717, 1.165) is 55.6 Å². The second kappa shape index (κ2) is 6.83. The molecule has 3 aliphatic rings. The number of rotatable bonds is 3. The van der Waals surface area contributed by atoms with Crippen LogP contribution < -0.4 is 14.4 Å². The van der Waals surface area contributed by atoms with Gasteiger partial charge in [-0.25, -0.2) is 9.98 Å². The molecule has 3 heterocycles. The molecule has 2 aromatic carbocycles. The summed E-state index contributed by atoms with van der Waals surface area (Å²) in [7, 11) is 3.27. The van der Waals surface area contributed by atoms with Gasteiger partial charge in [0.05, 0.1) is 51.7 Å². The van der Waals surface area contributed by atoms with Gasteiger partial charge in [-0.1, -0.05) is 6.07 Å². The van der Waals surface area contributed by atoms with Crippen LogP contribution in [0.5, 0.6) is 11.5 Å². The molecule has 3 aliphatic heterocycles. The second-order valence-corrected chi connectivity index (χ2v) is 6.91. The Morgan fingerprint density at radius 3 is 2.57 bits per heavy atom. The van der Waals surface area contributed by atoms with Crippen LogP contribution in [-0.4, -0.2) is 57.6 Å². The van der Waals surface area contributed by atoms with Crippen LogP contribution in [0.2, 0.25) is 0 Å². The van der Waals surface area contributed by atoms with Crippen molar-refractivity contribution < 1.29 is 14.2 Å². The summed E-state index contributed by atoms with van der Waals surface area (Å²) in [6, 6.07) is 10.2. The molecule has 0 N–H and O–H groups in total. The Kier molecular flexibility index (Phi) is 4.16. The first-order valence-electron chi connectivity index (χ1n) is 9.39. The standard InChI is InChI=1S/C21H22N4O3/c1-26-19-10-14-17(11-20(19)27-2)22-13-25-12-15-16(23-21(14)25)4-3-5-18(15)24-6-8-28-9-7-24/h3-5,10-11,13H,6-9,12H2,1-2H3. The van der Waals surface area contributed by atoms with Crippen LogP contribution in [0.1, 0.15) is 11.1 Å². The fourth-order valence-corrected chi connectivity index (χ4v) is 3.95. The number of nitrogens with zero attached hydrogens (tertiary/aromatic N) is 4. The summed E-state index contributed by atoms with van der Waals surface area (Å²) in [6.07, 6.45) is 1.85. The molecule has 1 fully saturated rings. The Bertz CT molecular complexity index is 980. The lowest BCUT2D eigenvalue weighted by molar-refractivity contribution is 0.122. The highest BCUT2D eigenvalue weighted by atomic mass is 16.5. The van der Waals surface area contributed by atoms with E-state index in [0.29, 0.717) is 11.5 Å². The van der Waals surface area contributed by atoms with Crippen LogP contribution in [0, 0.1) is 0 Å². The lowest BCUT2D eigenvalue weighted by Gasteiger charge is -2.35. The molecule has 7 nitrogen and oxygen atoms in total. The summed E-state index contributed by atoms with van der Waals surface area (Å²) >= 11 is 0. The van der Waals surface area contributed by atoms with Crippen LogP contribution in [0.4, 0.5) is 17.1 Å². The molecule has 2 aromatic rings. The predicted octanol–water partition coefficient (Wildman–Crippen LogP) is 3.11. The molecular weight excluding hydrogens is 356 g/mol. The minimum absolute atomic E-state index is 0.665. The maximum Gasteiger partial charge on any atom is 0.162 e. The van der Waals surface area contributed by atoms with Crippen LogP contribution >= 0.6 is 0 Å². The van der Waals surface area contributed by atoms with E-state index in [1.54, 1.807) is 14.2 Å². The van der Waals surface area contributed by atoms with Crippen molar-refractivity contribution in [1.82, 2.24) is 4.90 Å². The molecule has 5 rings (SSSR count). The van der Waals surface area contributed by atoms with E-state index < -0.39 is 0 Å². The first-order chi connectivity index (χ1) is 13.8. The number of morpholine rings is 1. The van der Waals surface area contributed by atoms with Crippen molar-refractivity contribution in [3.8, 4) is 11.5 Å². The van der Waals surface area contributed by atoms with Gasteiger partial charge in [-0.05, 0) is 18.2 Å². The Labute approximate surface area is 163 Å². The summed E-state index contributed by atoms with van der Waals surface area (Å²) in [5.41, 5.74) is 5.24. The number of methoxy groups -OCH3 is 2. The third-order valence-electron chi connectivity index (χ3n) is 5.38. The minimum Gasteiger partial charge on any atom is -0.493 e. The minimum atomic E-state index is 0.665. The van der Waals surface area contributed by atoms with Crippen LogP contribution in [0.15, 0.2) is 40.3 Å². The topological polar surface area (TPSA) is 58.9 Å². The van der Waals surface area contributed by atoms with Gasteiger partial charge in [0, 0.05) is 36.0 Å². The third kappa shape index (κ3) is 2.70. The van der Waals surface area contributed by atoms with Gasteiger partial charge in [0.1, 0.15) is 5.84 Å². The molecule has 7 heteroatoms. The van der Waals surface area contributed by atoms with E-state index in [4.69, 9.17) is 19.2 Å². The first kappa shape index (κ1) is 17.1. The van der Waals surface area contributed by atoms with Crippen LogP contribution in [0.3, 0.4) is 0 Å². The quantitative estimate of drug-likeness (QED) is 0.821. The fourth-order valence-electron chi connectivity index (χ4n) is 3.95. The Hall–Kier alpha value is -3.06. The zero-order valence-electron chi connectivity index (χ0n) is 16.0. The molecule has 0 unspecified atom stereocenters. The summed E-state index contributed by atoms with van der Waals surface area (Å²) in [6.45, 7) is 4.07. The van der Waals surface area contributed by atoms with Crippen molar-refractivity contribution in [3.05, 3.63) is 41.5 Å². The molecule has 0 radical (unpaired) electrons. The Balaban J connectivity index is 1.60. The highest BCUT2D eigenvalue weighted by Crippen LogP contribution is 2.41. The normalized spacial score (nSPS) is 17.4. The van der Waals surface area contributed by atoms with Gasteiger partial charge in [0.15, 0.2) is 11.5 Å². The summed E-state index contributed by atoms with van der Waals surface area (Å²) in [4.78, 5) is 14.1. The van der Waals surface area contributed by atoms with E-state index in [2.05, 4.69) is 33.0 Å². The number of hydrogen-bond donors (Lipinski definition) is 0. The van der Waals surface area contributed by atoms with Gasteiger partial charge in [-0.2, -0.15) is 0 Å². The molecule has 0 aromatic heterocycles. The summed E-state index contributed by atoms with van der Waals surface area (Å²) in [5.74, 6) is 2.23. The fraction of sp³-hybridized carbons (Fsp3) is 0.333. The molecule has 0 spiro atoms. The molecule has 28 heavy (non-hydrogen) atoms. The predicted molar refractivity (Wildman–Crippen MR) is 109 cm³/mol. The largest absolute Gasteiger partial charge is 0.493 e. The van der Waals surface area contributed by atoms with Gasteiger partial charge < -0.3 is 24.0 Å². The van der Waals surface area contributed by atoms with Crippen LogP contribution in [-0.2, 0) is 11.3 Å². The molecule has 0 bridgehead atoms. The van der Waals surface area contributed by atoms with E-state index in [-0.39, 0.29) is 0 Å². The number of ether oxygens (including phenoxy) is 3. The van der Waals surface area contributed by atoms with Crippen LogP contribution in [0.25, 0.3) is 0 Å². The highest BCUT2D eigenvalue weighted by molar-refractivity contribution is 6.13. The van der Waals surface area contributed by atoms with E-state index in [9.17, 15) is 0 Å². The Morgan fingerprint density at radius 2 is 1.79 bits per heavy atom. The average molecular weight is 378 g/mol. The highest BCUT2D eigenvalue weighted by Gasteiger charge is 2.29. The number of benzene rings is 2. The number of fused-ring (bicyclic) bond motifs is 4. The third-order valence-corrected chi connectivity index (χ3v) is 5.38. The van der Waals surface area contributed by atoms with Gasteiger partial charge in [-0.3, -0.25) is 0 Å². The lowest BCUT2D eigenvalue weighted by Crippen LogP contribution is -2.39. The first-order valence-corrected chi connectivity index (χ1v) is 9.39. The molecule has 0 saturated carbocycles. The van der Waals surface area contributed by atoms with Crippen molar-refractivity contribution in [2.24, 2.45) is 9.98 Å². The Morgan fingerprint density at radius 1 is 1.00 bits per heavy atom. The maximum absolute atomic E-state index is 5.51. The molecule has 144 valence electrons. The average Bonchev–Trinajstić information content (AvgIpc) is 2.76. The van der Waals surface area contributed by atoms with Crippen molar-refractivity contribution in [1.29, 1.82) is 0 Å². The monoisotopic (exact) mass is 378 g/mol. The molecule has 0 atom stereocenters. The van der Waals surface area contributed by atoms with Crippen molar-refractivity contribution in [2.75, 3.05) is 45.4 Å². The molecule has 1 saturated heterocycles.